The first kappa shape index (κ1) is 23.4. The average molecular weight is 462 g/mol. The van der Waals surface area contributed by atoms with Crippen LogP contribution in [0.3, 0.4) is 0 Å². The average Bonchev–Trinajstić information content (AvgIpc) is 2.82. The molecule has 2 aromatic rings. The van der Waals surface area contributed by atoms with Gasteiger partial charge >= 0.3 is 0 Å². The number of amides is 2. The van der Waals surface area contributed by atoms with Crippen molar-refractivity contribution in [2.24, 2.45) is 0 Å². The molecule has 1 heterocycles. The van der Waals surface area contributed by atoms with Gasteiger partial charge in [-0.05, 0) is 31.2 Å². The van der Waals surface area contributed by atoms with Crippen LogP contribution in [0.4, 0.5) is 5.69 Å². The number of nitrogens with zero attached hydrogens (tertiary/aromatic N) is 3. The molecule has 0 radical (unpaired) electrons. The summed E-state index contributed by atoms with van der Waals surface area (Å²) in [6.45, 7) is 3.01. The van der Waals surface area contributed by atoms with Crippen molar-refractivity contribution in [2.45, 2.75) is 11.8 Å². The van der Waals surface area contributed by atoms with Gasteiger partial charge in [0, 0.05) is 32.2 Å². The summed E-state index contributed by atoms with van der Waals surface area (Å²) in [6, 6.07) is 11.2. The van der Waals surface area contributed by atoms with Crippen LogP contribution in [0.1, 0.15) is 5.56 Å². The van der Waals surface area contributed by atoms with Crippen LogP contribution in [0.25, 0.3) is 0 Å². The van der Waals surface area contributed by atoms with Crippen LogP contribution in [0, 0.1) is 6.92 Å². The molecule has 0 spiro atoms. The van der Waals surface area contributed by atoms with Crippen molar-refractivity contribution in [3.05, 3.63) is 48.0 Å². The monoisotopic (exact) mass is 461 g/mol. The minimum Gasteiger partial charge on any atom is -0.493 e. The number of aryl methyl sites for hydroxylation is 1. The van der Waals surface area contributed by atoms with Crippen LogP contribution in [0.5, 0.6) is 11.5 Å². The number of ether oxygens (including phenoxy) is 2. The van der Waals surface area contributed by atoms with Crippen molar-refractivity contribution in [1.82, 2.24) is 9.80 Å². The molecule has 0 saturated carbocycles. The van der Waals surface area contributed by atoms with Gasteiger partial charge in [-0.2, -0.15) is 0 Å². The topological polar surface area (TPSA) is 96.5 Å². The summed E-state index contributed by atoms with van der Waals surface area (Å²) >= 11 is 0. The van der Waals surface area contributed by atoms with Crippen molar-refractivity contribution in [3.8, 4) is 11.5 Å². The maximum Gasteiger partial charge on any atom is 0.264 e. The zero-order chi connectivity index (χ0) is 23.3. The highest BCUT2D eigenvalue weighted by Crippen LogP contribution is 2.34. The van der Waals surface area contributed by atoms with E-state index in [9.17, 15) is 18.0 Å². The minimum absolute atomic E-state index is 0.0801. The molecule has 1 aliphatic heterocycles. The standard InChI is InChI=1S/C22H27N3O6S/c1-17-4-7-19(8-5-17)32(28,29)25(18-6-9-20(30-2)21(14-18)31-3)15-22(27)24-12-10-23(16-26)11-13-24/h4-9,14,16H,10-13,15H2,1-3H3. The molecule has 172 valence electrons. The quantitative estimate of drug-likeness (QED) is 0.553. The third-order valence-corrected chi connectivity index (χ3v) is 7.15. The highest BCUT2D eigenvalue weighted by atomic mass is 32.2. The van der Waals surface area contributed by atoms with E-state index in [1.54, 1.807) is 34.1 Å². The van der Waals surface area contributed by atoms with Gasteiger partial charge in [0.05, 0.1) is 24.8 Å². The molecule has 1 saturated heterocycles. The maximum atomic E-state index is 13.5. The third kappa shape index (κ3) is 4.96. The van der Waals surface area contributed by atoms with Crippen molar-refractivity contribution in [1.29, 1.82) is 0 Å². The summed E-state index contributed by atoms with van der Waals surface area (Å²) < 4.78 is 38.7. The molecule has 0 atom stereocenters. The van der Waals surface area contributed by atoms with Crippen molar-refractivity contribution >= 4 is 28.0 Å². The first-order chi connectivity index (χ1) is 15.3. The minimum atomic E-state index is -4.04. The molecule has 0 aromatic heterocycles. The van der Waals surface area contributed by atoms with E-state index in [0.717, 1.165) is 16.3 Å². The summed E-state index contributed by atoms with van der Waals surface area (Å²) in [5, 5.41) is 0. The van der Waals surface area contributed by atoms with E-state index in [-0.39, 0.29) is 23.0 Å². The summed E-state index contributed by atoms with van der Waals surface area (Å²) in [7, 11) is -1.10. The number of piperazine rings is 1. The largest absolute Gasteiger partial charge is 0.493 e. The third-order valence-electron chi connectivity index (χ3n) is 5.36. The molecule has 0 unspecified atom stereocenters. The lowest BCUT2D eigenvalue weighted by atomic mass is 10.2. The van der Waals surface area contributed by atoms with Gasteiger partial charge in [0.15, 0.2) is 11.5 Å². The first-order valence-corrected chi connectivity index (χ1v) is 11.5. The smallest absolute Gasteiger partial charge is 0.264 e. The number of hydrogen-bond donors (Lipinski definition) is 0. The number of methoxy groups -OCH3 is 2. The summed E-state index contributed by atoms with van der Waals surface area (Å²) in [5.41, 5.74) is 1.20. The summed E-state index contributed by atoms with van der Waals surface area (Å²) in [5.74, 6) is 0.447. The second-order valence-electron chi connectivity index (χ2n) is 7.39. The van der Waals surface area contributed by atoms with Crippen LogP contribution >= 0.6 is 0 Å². The Morgan fingerprint density at radius 2 is 1.62 bits per heavy atom. The zero-order valence-electron chi connectivity index (χ0n) is 18.4. The zero-order valence-corrected chi connectivity index (χ0v) is 19.2. The van der Waals surface area contributed by atoms with Gasteiger partial charge < -0.3 is 19.3 Å². The number of sulfonamides is 1. The molecule has 32 heavy (non-hydrogen) atoms. The Morgan fingerprint density at radius 1 is 1.00 bits per heavy atom. The van der Waals surface area contributed by atoms with Gasteiger partial charge in [0.2, 0.25) is 12.3 Å². The number of hydrogen-bond acceptors (Lipinski definition) is 6. The van der Waals surface area contributed by atoms with E-state index >= 15 is 0 Å². The Labute approximate surface area is 188 Å². The Kier molecular flexibility index (Phi) is 7.24. The number of carbonyl (C=O) groups is 2. The lowest BCUT2D eigenvalue weighted by molar-refractivity contribution is -0.133. The second kappa shape index (κ2) is 9.90. The Bertz CT molecular complexity index is 1060. The maximum absolute atomic E-state index is 13.5. The van der Waals surface area contributed by atoms with Gasteiger partial charge in [-0.3, -0.25) is 13.9 Å². The van der Waals surface area contributed by atoms with Crippen LogP contribution in [-0.2, 0) is 19.6 Å². The van der Waals surface area contributed by atoms with E-state index in [1.807, 2.05) is 6.92 Å². The molecule has 10 heteroatoms. The van der Waals surface area contributed by atoms with Crippen LogP contribution < -0.4 is 13.8 Å². The molecule has 9 nitrogen and oxygen atoms in total. The van der Waals surface area contributed by atoms with E-state index in [0.29, 0.717) is 37.7 Å². The number of rotatable bonds is 8. The summed E-state index contributed by atoms with van der Waals surface area (Å²) in [4.78, 5) is 27.2. The molecule has 0 aliphatic carbocycles. The van der Waals surface area contributed by atoms with Crippen LogP contribution in [0.15, 0.2) is 47.4 Å². The molecule has 1 fully saturated rings. The SMILES string of the molecule is COc1ccc(N(CC(=O)N2CCN(C=O)CC2)S(=O)(=O)c2ccc(C)cc2)cc1OC. The molecule has 3 rings (SSSR count). The van der Waals surface area contributed by atoms with Gasteiger partial charge in [0.1, 0.15) is 6.54 Å². The number of anilines is 1. The van der Waals surface area contributed by atoms with E-state index in [1.165, 1.54) is 32.4 Å². The predicted molar refractivity (Wildman–Crippen MR) is 119 cm³/mol. The van der Waals surface area contributed by atoms with E-state index in [4.69, 9.17) is 9.47 Å². The Morgan fingerprint density at radius 3 is 2.19 bits per heavy atom. The van der Waals surface area contributed by atoms with Crippen LogP contribution in [0.2, 0.25) is 0 Å². The normalized spacial score (nSPS) is 14.1. The molecular formula is C22H27N3O6S. The molecule has 0 bridgehead atoms. The highest BCUT2D eigenvalue weighted by molar-refractivity contribution is 7.92. The molecule has 2 amide bonds. The molecule has 2 aromatic carbocycles. The molecule has 0 N–H and O–H groups in total. The Balaban J connectivity index is 1.97. The van der Waals surface area contributed by atoms with Crippen molar-refractivity contribution < 1.29 is 27.5 Å². The van der Waals surface area contributed by atoms with E-state index in [2.05, 4.69) is 0 Å². The Hall–Kier alpha value is -3.27. The summed E-state index contributed by atoms with van der Waals surface area (Å²) in [6.07, 6.45) is 0.750. The highest BCUT2D eigenvalue weighted by Gasteiger charge is 2.30. The predicted octanol–water partition coefficient (Wildman–Crippen LogP) is 1.51. The van der Waals surface area contributed by atoms with Crippen molar-refractivity contribution in [2.75, 3.05) is 51.2 Å². The van der Waals surface area contributed by atoms with E-state index < -0.39 is 10.0 Å². The van der Waals surface area contributed by atoms with Crippen molar-refractivity contribution in [3.63, 3.8) is 0 Å². The fourth-order valence-electron chi connectivity index (χ4n) is 3.43. The first-order valence-electron chi connectivity index (χ1n) is 10.1. The molecule has 1 aliphatic rings. The van der Waals surface area contributed by atoms with Crippen LogP contribution in [-0.4, -0.2) is 77.5 Å². The fraction of sp³-hybridized carbons (Fsp3) is 0.364. The van der Waals surface area contributed by atoms with Gasteiger partial charge in [-0.1, -0.05) is 17.7 Å². The van der Waals surface area contributed by atoms with Gasteiger partial charge in [-0.25, -0.2) is 8.42 Å². The lowest BCUT2D eigenvalue weighted by Gasteiger charge is -2.34. The second-order valence-corrected chi connectivity index (χ2v) is 9.25. The lowest BCUT2D eigenvalue weighted by Crippen LogP contribution is -2.51. The molecular weight excluding hydrogens is 434 g/mol. The number of carbonyl (C=O) groups excluding carboxylic acids is 2. The van der Waals surface area contributed by atoms with Gasteiger partial charge in [-0.15, -0.1) is 0 Å². The number of benzene rings is 2. The van der Waals surface area contributed by atoms with Gasteiger partial charge in [0.25, 0.3) is 10.0 Å². The fourth-order valence-corrected chi connectivity index (χ4v) is 4.84.